The molecule has 3 aromatic rings. The highest BCUT2D eigenvalue weighted by molar-refractivity contribution is 7.94. The largest absolute Gasteiger partial charge is 0.370 e. The molecule has 2 aromatic carbocycles. The second-order valence-electron chi connectivity index (χ2n) is 6.27. The van der Waals surface area contributed by atoms with Gasteiger partial charge < -0.3 is 4.90 Å². The molecule has 0 radical (unpaired) electrons. The van der Waals surface area contributed by atoms with Gasteiger partial charge in [-0.2, -0.15) is 0 Å². The zero-order chi connectivity index (χ0) is 17.3. The average Bonchev–Trinajstić information content (AvgIpc) is 3.08. The molecule has 0 unspecified atom stereocenters. The fraction of sp³-hybridized carbons (Fsp3) is 0.263. The molecule has 0 bridgehead atoms. The van der Waals surface area contributed by atoms with E-state index in [0.717, 1.165) is 41.7 Å². The second kappa shape index (κ2) is 6.69. The third-order valence-electron chi connectivity index (χ3n) is 4.51. The van der Waals surface area contributed by atoms with E-state index in [-0.39, 0.29) is 0 Å². The van der Waals surface area contributed by atoms with Gasteiger partial charge in [-0.1, -0.05) is 30.3 Å². The number of nitrogens with zero attached hydrogens (tertiary/aromatic N) is 1. The number of anilines is 2. The van der Waals surface area contributed by atoms with E-state index in [1.807, 2.05) is 48.5 Å². The number of hydrogen-bond acceptors (Lipinski definition) is 4. The van der Waals surface area contributed by atoms with Crippen LogP contribution in [0.2, 0.25) is 0 Å². The Bertz CT molecular complexity index is 956. The Hall–Kier alpha value is -2.05. The van der Waals surface area contributed by atoms with Crippen LogP contribution in [0.15, 0.2) is 58.8 Å². The van der Waals surface area contributed by atoms with Gasteiger partial charge in [-0.15, -0.1) is 11.3 Å². The molecule has 1 aliphatic rings. The number of rotatable bonds is 4. The molecule has 1 aromatic heterocycles. The molecule has 1 N–H and O–H groups in total. The van der Waals surface area contributed by atoms with Crippen LogP contribution >= 0.6 is 11.3 Å². The predicted octanol–water partition coefficient (Wildman–Crippen LogP) is 4.69. The van der Waals surface area contributed by atoms with Gasteiger partial charge in [0, 0.05) is 17.8 Å². The summed E-state index contributed by atoms with van der Waals surface area (Å²) in [7, 11) is -3.59. The number of sulfonamides is 1. The highest BCUT2D eigenvalue weighted by Gasteiger charge is 2.21. The normalized spacial score (nSPS) is 15.4. The van der Waals surface area contributed by atoms with Crippen LogP contribution in [0.1, 0.15) is 19.3 Å². The lowest BCUT2D eigenvalue weighted by Crippen LogP contribution is -2.30. The monoisotopic (exact) mass is 372 g/mol. The minimum Gasteiger partial charge on any atom is -0.370 e. The van der Waals surface area contributed by atoms with E-state index in [1.54, 1.807) is 6.07 Å². The van der Waals surface area contributed by atoms with E-state index in [2.05, 4.69) is 9.62 Å². The Labute approximate surface area is 152 Å². The number of thiophene rings is 1. The molecule has 1 fully saturated rings. The Morgan fingerprint density at radius 3 is 2.44 bits per heavy atom. The molecule has 0 aliphatic carbocycles. The molecule has 0 spiro atoms. The van der Waals surface area contributed by atoms with Gasteiger partial charge in [0.05, 0.1) is 11.4 Å². The highest BCUT2D eigenvalue weighted by atomic mass is 32.2. The molecule has 1 saturated heterocycles. The second-order valence-corrected chi connectivity index (χ2v) is 9.27. The molecule has 0 saturated carbocycles. The van der Waals surface area contributed by atoms with E-state index < -0.39 is 10.0 Å². The molecule has 2 heterocycles. The van der Waals surface area contributed by atoms with Crippen LogP contribution in [0.4, 0.5) is 11.4 Å². The van der Waals surface area contributed by atoms with Crippen molar-refractivity contribution in [3.63, 3.8) is 0 Å². The summed E-state index contributed by atoms with van der Waals surface area (Å²) < 4.78 is 29.9. The zero-order valence-electron chi connectivity index (χ0n) is 13.8. The Morgan fingerprint density at radius 2 is 1.64 bits per heavy atom. The summed E-state index contributed by atoms with van der Waals surface area (Å²) >= 11 is 1.30. The van der Waals surface area contributed by atoms with Crippen molar-refractivity contribution in [1.29, 1.82) is 0 Å². The van der Waals surface area contributed by atoms with E-state index in [4.69, 9.17) is 0 Å². The van der Waals surface area contributed by atoms with Gasteiger partial charge in [0.25, 0.3) is 10.0 Å². The van der Waals surface area contributed by atoms with Gasteiger partial charge in [-0.05, 0) is 48.9 Å². The lowest BCUT2D eigenvalue weighted by Gasteiger charge is -2.30. The topological polar surface area (TPSA) is 49.4 Å². The third-order valence-corrected chi connectivity index (χ3v) is 7.47. The van der Waals surface area contributed by atoms with Crippen LogP contribution in [0.3, 0.4) is 0 Å². The van der Waals surface area contributed by atoms with Gasteiger partial charge in [0.2, 0.25) is 0 Å². The molecule has 0 atom stereocenters. The SMILES string of the molecule is O=S(=O)(Nc1ccccc1N1CCCCC1)c1cc2ccccc2s1. The summed E-state index contributed by atoms with van der Waals surface area (Å²) in [6, 6.07) is 17.1. The zero-order valence-corrected chi connectivity index (χ0v) is 15.4. The van der Waals surface area contributed by atoms with Crippen molar-refractivity contribution < 1.29 is 8.42 Å². The fourth-order valence-electron chi connectivity index (χ4n) is 3.26. The van der Waals surface area contributed by atoms with Crippen LogP contribution in [-0.4, -0.2) is 21.5 Å². The predicted molar refractivity (Wildman–Crippen MR) is 105 cm³/mol. The van der Waals surface area contributed by atoms with E-state index in [0.29, 0.717) is 9.90 Å². The summed E-state index contributed by atoms with van der Waals surface area (Å²) in [6.45, 7) is 1.95. The first-order chi connectivity index (χ1) is 12.1. The lowest BCUT2D eigenvalue weighted by molar-refractivity contribution is 0.578. The van der Waals surface area contributed by atoms with Crippen LogP contribution in [0.5, 0.6) is 0 Å². The molecule has 130 valence electrons. The number of para-hydroxylation sites is 2. The number of nitrogens with one attached hydrogen (secondary N) is 1. The summed E-state index contributed by atoms with van der Waals surface area (Å²) in [5.41, 5.74) is 1.62. The van der Waals surface area contributed by atoms with Crippen molar-refractivity contribution in [2.45, 2.75) is 23.5 Å². The molecule has 25 heavy (non-hydrogen) atoms. The van der Waals surface area contributed by atoms with Crippen molar-refractivity contribution in [3.8, 4) is 0 Å². The first kappa shape index (κ1) is 16.4. The van der Waals surface area contributed by atoms with Crippen LogP contribution in [-0.2, 0) is 10.0 Å². The van der Waals surface area contributed by atoms with Crippen molar-refractivity contribution >= 4 is 42.8 Å². The van der Waals surface area contributed by atoms with Crippen molar-refractivity contribution in [1.82, 2.24) is 0 Å². The molecule has 6 heteroatoms. The van der Waals surface area contributed by atoms with Crippen molar-refractivity contribution in [2.75, 3.05) is 22.7 Å². The Balaban J connectivity index is 1.67. The highest BCUT2D eigenvalue weighted by Crippen LogP contribution is 2.33. The standard InChI is InChI=1S/C19H20N2O2S2/c22-25(23,19-14-15-8-2-5-11-18(15)24-19)20-16-9-3-4-10-17(16)21-12-6-1-7-13-21/h2-5,8-11,14,20H,1,6-7,12-13H2. The number of hydrogen-bond donors (Lipinski definition) is 1. The smallest absolute Gasteiger partial charge is 0.271 e. The van der Waals surface area contributed by atoms with Crippen LogP contribution in [0.25, 0.3) is 10.1 Å². The van der Waals surface area contributed by atoms with E-state index in [1.165, 1.54) is 17.8 Å². The summed E-state index contributed by atoms with van der Waals surface area (Å²) in [4.78, 5) is 2.27. The lowest BCUT2D eigenvalue weighted by atomic mass is 10.1. The quantitative estimate of drug-likeness (QED) is 0.723. The number of fused-ring (bicyclic) bond motifs is 1. The van der Waals surface area contributed by atoms with E-state index >= 15 is 0 Å². The summed E-state index contributed by atoms with van der Waals surface area (Å²) in [6.07, 6.45) is 3.54. The molecular weight excluding hydrogens is 352 g/mol. The first-order valence-electron chi connectivity index (χ1n) is 8.49. The molecule has 4 rings (SSSR count). The average molecular weight is 373 g/mol. The van der Waals surface area contributed by atoms with Crippen LogP contribution < -0.4 is 9.62 Å². The molecule has 4 nitrogen and oxygen atoms in total. The molecule has 0 amide bonds. The first-order valence-corrected chi connectivity index (χ1v) is 10.8. The summed E-state index contributed by atoms with van der Waals surface area (Å²) in [5.74, 6) is 0. The Kier molecular flexibility index (Phi) is 4.39. The van der Waals surface area contributed by atoms with Gasteiger partial charge in [0.1, 0.15) is 4.21 Å². The van der Waals surface area contributed by atoms with Gasteiger partial charge in [-0.25, -0.2) is 8.42 Å². The maximum Gasteiger partial charge on any atom is 0.271 e. The minimum absolute atomic E-state index is 0.349. The summed E-state index contributed by atoms with van der Waals surface area (Å²) in [5, 5.41) is 0.956. The molecular formula is C19H20N2O2S2. The van der Waals surface area contributed by atoms with Crippen LogP contribution in [0, 0.1) is 0 Å². The fourth-order valence-corrected chi connectivity index (χ4v) is 5.73. The Morgan fingerprint density at radius 1 is 0.920 bits per heavy atom. The third kappa shape index (κ3) is 3.37. The van der Waals surface area contributed by atoms with E-state index in [9.17, 15) is 8.42 Å². The maximum absolute atomic E-state index is 12.9. The number of benzene rings is 2. The van der Waals surface area contributed by atoms with Crippen molar-refractivity contribution in [2.24, 2.45) is 0 Å². The number of piperidine rings is 1. The van der Waals surface area contributed by atoms with Crippen molar-refractivity contribution in [3.05, 3.63) is 54.6 Å². The van der Waals surface area contributed by atoms with Gasteiger partial charge in [0.15, 0.2) is 0 Å². The maximum atomic E-state index is 12.9. The molecule has 1 aliphatic heterocycles. The minimum atomic E-state index is -3.59. The van der Waals surface area contributed by atoms with Gasteiger partial charge in [-0.3, -0.25) is 4.72 Å². The van der Waals surface area contributed by atoms with Gasteiger partial charge >= 0.3 is 0 Å².